The average Bonchev–Trinajstić information content (AvgIpc) is 3.43. The van der Waals surface area contributed by atoms with Crippen molar-refractivity contribution >= 4 is 17.5 Å². The molecule has 1 aromatic carbocycles. The van der Waals surface area contributed by atoms with Gasteiger partial charge < -0.3 is 19.1 Å². The van der Waals surface area contributed by atoms with Gasteiger partial charge in [0.2, 0.25) is 11.8 Å². The van der Waals surface area contributed by atoms with E-state index < -0.39 is 0 Å². The van der Waals surface area contributed by atoms with Gasteiger partial charge in [0, 0.05) is 76.7 Å². The zero-order valence-electron chi connectivity index (χ0n) is 18.4. The lowest BCUT2D eigenvalue weighted by Gasteiger charge is -2.36. The van der Waals surface area contributed by atoms with Crippen LogP contribution in [0.25, 0.3) is 0 Å². The van der Waals surface area contributed by atoms with Crippen molar-refractivity contribution in [2.24, 2.45) is 5.92 Å². The molecular weight excluding hydrogens is 394 g/mol. The van der Waals surface area contributed by atoms with Gasteiger partial charge in [-0.25, -0.2) is 4.98 Å². The van der Waals surface area contributed by atoms with E-state index >= 15 is 0 Å². The lowest BCUT2D eigenvalue weighted by molar-refractivity contribution is -0.137. The first kappa shape index (κ1) is 21.4. The van der Waals surface area contributed by atoms with Gasteiger partial charge in [-0.2, -0.15) is 0 Å². The molecule has 8 nitrogen and oxygen atoms in total. The smallest absolute Gasteiger partial charge is 0.228 e. The van der Waals surface area contributed by atoms with Crippen LogP contribution in [0.4, 0.5) is 5.69 Å². The van der Waals surface area contributed by atoms with E-state index in [1.165, 1.54) is 0 Å². The number of hydrogen-bond donors (Lipinski definition) is 0. The summed E-state index contributed by atoms with van der Waals surface area (Å²) >= 11 is 0. The lowest BCUT2D eigenvalue weighted by atomic mass is 10.1. The van der Waals surface area contributed by atoms with Crippen LogP contribution in [0, 0.1) is 5.92 Å². The van der Waals surface area contributed by atoms with E-state index in [9.17, 15) is 9.59 Å². The van der Waals surface area contributed by atoms with Crippen LogP contribution in [0.2, 0.25) is 0 Å². The Morgan fingerprint density at radius 3 is 2.55 bits per heavy atom. The predicted molar refractivity (Wildman–Crippen MR) is 118 cm³/mol. The van der Waals surface area contributed by atoms with Gasteiger partial charge in [-0.1, -0.05) is 6.92 Å². The third kappa shape index (κ3) is 4.74. The number of imidazole rings is 1. The first-order valence-corrected chi connectivity index (χ1v) is 11.0. The van der Waals surface area contributed by atoms with Crippen LogP contribution >= 0.6 is 0 Å². The van der Waals surface area contributed by atoms with E-state index in [1.807, 2.05) is 41.6 Å². The molecule has 2 aliphatic rings. The highest BCUT2D eigenvalue weighted by atomic mass is 16.5. The summed E-state index contributed by atoms with van der Waals surface area (Å²) in [5, 5.41) is 0. The van der Waals surface area contributed by atoms with Gasteiger partial charge in [-0.05, 0) is 24.3 Å². The standard InChI is InChI=1S/C23H31N5O3/c1-3-21-24-8-9-26(21)13-10-25-11-14-27(15-12-25)23(30)18-16-22(29)28(17-18)19-4-6-20(31-2)7-5-19/h4-9,18H,3,10-17H2,1-2H3. The molecule has 2 aromatic rings. The second-order valence-corrected chi connectivity index (χ2v) is 8.16. The summed E-state index contributed by atoms with van der Waals surface area (Å²) in [6.07, 6.45) is 5.10. The van der Waals surface area contributed by atoms with Crippen LogP contribution in [0.15, 0.2) is 36.7 Å². The molecule has 0 N–H and O–H groups in total. The molecule has 4 rings (SSSR count). The summed E-state index contributed by atoms with van der Waals surface area (Å²) < 4.78 is 7.39. The van der Waals surface area contributed by atoms with E-state index in [4.69, 9.17) is 4.74 Å². The molecule has 1 aromatic heterocycles. The molecule has 3 heterocycles. The van der Waals surface area contributed by atoms with Crippen molar-refractivity contribution in [2.75, 3.05) is 51.3 Å². The number of benzene rings is 1. The Morgan fingerprint density at radius 1 is 1.13 bits per heavy atom. The third-order valence-electron chi connectivity index (χ3n) is 6.32. The summed E-state index contributed by atoms with van der Waals surface area (Å²) in [6, 6.07) is 7.41. The highest BCUT2D eigenvalue weighted by molar-refractivity contribution is 6.00. The number of carbonyl (C=O) groups excluding carboxylic acids is 2. The summed E-state index contributed by atoms with van der Waals surface area (Å²) in [5.41, 5.74) is 0.817. The number of anilines is 1. The molecule has 1 unspecified atom stereocenters. The largest absolute Gasteiger partial charge is 0.497 e. The number of ether oxygens (including phenoxy) is 1. The number of piperazine rings is 1. The van der Waals surface area contributed by atoms with E-state index in [0.29, 0.717) is 6.54 Å². The molecule has 8 heteroatoms. The number of carbonyl (C=O) groups is 2. The van der Waals surface area contributed by atoms with Crippen LogP contribution in [-0.2, 0) is 22.6 Å². The Balaban J connectivity index is 1.27. The minimum absolute atomic E-state index is 0.00853. The van der Waals surface area contributed by atoms with Crippen molar-refractivity contribution in [1.29, 1.82) is 0 Å². The maximum Gasteiger partial charge on any atom is 0.228 e. The zero-order valence-corrected chi connectivity index (χ0v) is 18.4. The topological polar surface area (TPSA) is 70.9 Å². The molecule has 1 atom stereocenters. The highest BCUT2D eigenvalue weighted by Gasteiger charge is 2.37. The van der Waals surface area contributed by atoms with Crippen LogP contribution in [0.5, 0.6) is 5.75 Å². The van der Waals surface area contributed by atoms with Crippen molar-refractivity contribution in [3.63, 3.8) is 0 Å². The maximum atomic E-state index is 13.1. The third-order valence-corrected chi connectivity index (χ3v) is 6.32. The van der Waals surface area contributed by atoms with E-state index in [2.05, 4.69) is 21.4 Å². The van der Waals surface area contributed by atoms with Crippen molar-refractivity contribution in [3.8, 4) is 5.75 Å². The predicted octanol–water partition coefficient (Wildman–Crippen LogP) is 1.65. The highest BCUT2D eigenvalue weighted by Crippen LogP contribution is 2.28. The molecule has 2 saturated heterocycles. The SMILES string of the molecule is CCc1nccn1CCN1CCN(C(=O)C2CC(=O)N(c3ccc(OC)cc3)C2)CC1. The van der Waals surface area contributed by atoms with Gasteiger partial charge in [-0.15, -0.1) is 0 Å². The Labute approximate surface area is 183 Å². The molecule has 0 bridgehead atoms. The number of aromatic nitrogens is 2. The van der Waals surface area contributed by atoms with E-state index in [1.54, 1.807) is 12.0 Å². The Kier molecular flexibility index (Phi) is 6.56. The molecule has 166 valence electrons. The fraction of sp³-hybridized carbons (Fsp3) is 0.522. The van der Waals surface area contributed by atoms with Crippen molar-refractivity contribution in [3.05, 3.63) is 42.5 Å². The van der Waals surface area contributed by atoms with Gasteiger partial charge in [0.15, 0.2) is 0 Å². The van der Waals surface area contributed by atoms with Crippen LogP contribution < -0.4 is 9.64 Å². The van der Waals surface area contributed by atoms with Gasteiger partial charge in [0.1, 0.15) is 11.6 Å². The monoisotopic (exact) mass is 425 g/mol. The number of nitrogens with zero attached hydrogens (tertiary/aromatic N) is 5. The first-order chi connectivity index (χ1) is 15.1. The zero-order chi connectivity index (χ0) is 21.8. The van der Waals surface area contributed by atoms with Crippen LogP contribution in [0.1, 0.15) is 19.2 Å². The summed E-state index contributed by atoms with van der Waals surface area (Å²) in [6.45, 7) is 7.61. The summed E-state index contributed by atoms with van der Waals surface area (Å²) in [4.78, 5) is 36.0. The number of methoxy groups -OCH3 is 1. The molecule has 2 aliphatic heterocycles. The molecule has 0 saturated carbocycles. The molecular formula is C23H31N5O3. The van der Waals surface area contributed by atoms with Gasteiger partial charge >= 0.3 is 0 Å². The molecule has 31 heavy (non-hydrogen) atoms. The minimum Gasteiger partial charge on any atom is -0.497 e. The molecule has 2 fully saturated rings. The summed E-state index contributed by atoms with van der Waals surface area (Å²) in [5.74, 6) is 1.71. The van der Waals surface area contributed by atoms with Gasteiger partial charge in [-0.3, -0.25) is 14.5 Å². The molecule has 0 aliphatic carbocycles. The molecule has 0 radical (unpaired) electrons. The lowest BCUT2D eigenvalue weighted by Crippen LogP contribution is -2.51. The second-order valence-electron chi connectivity index (χ2n) is 8.16. The fourth-order valence-electron chi connectivity index (χ4n) is 4.44. The fourth-order valence-corrected chi connectivity index (χ4v) is 4.44. The van der Waals surface area contributed by atoms with Crippen molar-refractivity contribution < 1.29 is 14.3 Å². The minimum atomic E-state index is -0.265. The average molecular weight is 426 g/mol. The normalized spacial score (nSPS) is 19.8. The molecule has 0 spiro atoms. The van der Waals surface area contributed by atoms with Crippen molar-refractivity contribution in [1.82, 2.24) is 19.4 Å². The Morgan fingerprint density at radius 2 is 1.87 bits per heavy atom. The maximum absolute atomic E-state index is 13.1. The Bertz CT molecular complexity index is 902. The van der Waals surface area contributed by atoms with Gasteiger partial charge in [0.25, 0.3) is 0 Å². The number of amides is 2. The summed E-state index contributed by atoms with van der Waals surface area (Å²) in [7, 11) is 1.62. The number of rotatable bonds is 7. The number of hydrogen-bond acceptors (Lipinski definition) is 5. The quantitative estimate of drug-likeness (QED) is 0.675. The van der Waals surface area contributed by atoms with Gasteiger partial charge in [0.05, 0.1) is 13.0 Å². The number of aryl methyl sites for hydroxylation is 1. The first-order valence-electron chi connectivity index (χ1n) is 11.0. The van der Waals surface area contributed by atoms with E-state index in [0.717, 1.165) is 63.0 Å². The Hall–Kier alpha value is -2.87. The van der Waals surface area contributed by atoms with Crippen molar-refractivity contribution in [2.45, 2.75) is 26.3 Å². The van der Waals surface area contributed by atoms with Crippen LogP contribution in [-0.4, -0.2) is 77.5 Å². The molecule has 2 amide bonds. The second kappa shape index (κ2) is 9.51. The van der Waals surface area contributed by atoms with Crippen LogP contribution in [0.3, 0.4) is 0 Å². The van der Waals surface area contributed by atoms with E-state index in [-0.39, 0.29) is 24.2 Å².